The van der Waals surface area contributed by atoms with E-state index in [1.165, 1.54) is 5.38 Å². The monoisotopic (exact) mass is 272 g/mol. The van der Waals surface area contributed by atoms with Crippen LogP contribution in [0.15, 0.2) is 5.38 Å². The highest BCUT2D eigenvalue weighted by Gasteiger charge is 2.13. The molecule has 0 atom stereocenters. The van der Waals surface area contributed by atoms with Gasteiger partial charge in [-0.2, -0.15) is 0 Å². The molecule has 0 radical (unpaired) electrons. The highest BCUT2D eigenvalue weighted by Crippen LogP contribution is 2.16. The minimum Gasteiger partial charge on any atom is -0.481 e. The van der Waals surface area contributed by atoms with Crippen molar-refractivity contribution in [3.05, 3.63) is 11.1 Å². The maximum Gasteiger partial charge on any atom is 0.357 e. The number of thiazole rings is 1. The number of esters is 1. The zero-order valence-corrected chi connectivity index (χ0v) is 10.5. The average Bonchev–Trinajstić information content (AvgIpc) is 2.75. The molecule has 1 heterocycles. The topological polar surface area (TPSA) is 106 Å². The molecule has 1 aromatic heterocycles. The van der Waals surface area contributed by atoms with Gasteiger partial charge in [0.05, 0.1) is 13.0 Å². The number of carboxylic acids is 1. The first-order valence-electron chi connectivity index (χ1n) is 5.17. The summed E-state index contributed by atoms with van der Waals surface area (Å²) in [6.45, 7) is 1.93. The van der Waals surface area contributed by atoms with Crippen LogP contribution in [-0.2, 0) is 14.3 Å². The molecule has 8 heteroatoms. The standard InChI is InChI=1S/C10H12N2O5S/c1-2-17-9(16)6-5-18-10(11-6)12-7(13)3-4-8(14)15/h5H,2-4H2,1H3,(H,14,15)(H,11,12,13). The summed E-state index contributed by atoms with van der Waals surface area (Å²) in [6, 6.07) is 0. The van der Waals surface area contributed by atoms with Crippen LogP contribution in [0.2, 0.25) is 0 Å². The molecule has 0 aliphatic carbocycles. The van der Waals surface area contributed by atoms with Crippen LogP contribution in [0.1, 0.15) is 30.3 Å². The second-order valence-electron chi connectivity index (χ2n) is 3.20. The first kappa shape index (κ1) is 14.1. The summed E-state index contributed by atoms with van der Waals surface area (Å²) in [5, 5.41) is 12.5. The third-order valence-electron chi connectivity index (χ3n) is 1.80. The number of ether oxygens (including phenoxy) is 1. The van der Waals surface area contributed by atoms with Gasteiger partial charge in [0.25, 0.3) is 0 Å². The zero-order chi connectivity index (χ0) is 13.5. The minimum absolute atomic E-state index is 0.121. The Kier molecular flexibility index (Phi) is 5.25. The molecule has 0 spiro atoms. The van der Waals surface area contributed by atoms with Crippen molar-refractivity contribution in [3.63, 3.8) is 0 Å². The smallest absolute Gasteiger partial charge is 0.357 e. The second kappa shape index (κ2) is 6.70. The van der Waals surface area contributed by atoms with E-state index in [-0.39, 0.29) is 30.3 Å². The number of anilines is 1. The van der Waals surface area contributed by atoms with E-state index in [2.05, 4.69) is 10.3 Å². The molecule has 0 aromatic carbocycles. The van der Waals surface area contributed by atoms with Gasteiger partial charge in [0.2, 0.25) is 5.91 Å². The molecule has 0 aliphatic heterocycles. The molecule has 0 saturated heterocycles. The quantitative estimate of drug-likeness (QED) is 0.752. The van der Waals surface area contributed by atoms with Gasteiger partial charge in [-0.25, -0.2) is 9.78 Å². The fourth-order valence-electron chi connectivity index (χ4n) is 1.03. The first-order valence-corrected chi connectivity index (χ1v) is 6.05. The van der Waals surface area contributed by atoms with Crippen molar-refractivity contribution in [2.45, 2.75) is 19.8 Å². The summed E-state index contributed by atoms with van der Waals surface area (Å²) in [6.07, 6.45) is -0.383. The van der Waals surface area contributed by atoms with Gasteiger partial charge >= 0.3 is 11.9 Å². The number of amides is 1. The lowest BCUT2D eigenvalue weighted by Crippen LogP contribution is -2.13. The highest BCUT2D eigenvalue weighted by molar-refractivity contribution is 7.14. The molecule has 1 aromatic rings. The van der Waals surface area contributed by atoms with E-state index in [1.54, 1.807) is 6.92 Å². The predicted octanol–water partition coefficient (Wildman–Crippen LogP) is 1.12. The van der Waals surface area contributed by atoms with Crippen LogP contribution in [0.5, 0.6) is 0 Å². The number of carbonyl (C=O) groups excluding carboxylic acids is 2. The van der Waals surface area contributed by atoms with Crippen LogP contribution < -0.4 is 5.32 Å². The lowest BCUT2D eigenvalue weighted by atomic mass is 10.3. The van der Waals surface area contributed by atoms with Gasteiger partial charge in [0, 0.05) is 11.8 Å². The summed E-state index contributed by atoms with van der Waals surface area (Å²) in [4.78, 5) is 36.7. The number of nitrogens with one attached hydrogen (secondary N) is 1. The first-order chi connectivity index (χ1) is 8.52. The molecule has 7 nitrogen and oxygen atoms in total. The van der Waals surface area contributed by atoms with Gasteiger partial charge in [-0.05, 0) is 6.92 Å². The summed E-state index contributed by atoms with van der Waals surface area (Å²) >= 11 is 1.07. The highest BCUT2D eigenvalue weighted by atomic mass is 32.1. The van der Waals surface area contributed by atoms with E-state index in [0.29, 0.717) is 0 Å². The molecule has 0 bridgehead atoms. The Bertz CT molecular complexity index is 457. The molecule has 0 saturated carbocycles. The molecule has 0 unspecified atom stereocenters. The van der Waals surface area contributed by atoms with Gasteiger partial charge in [-0.3, -0.25) is 9.59 Å². The number of aliphatic carboxylic acids is 1. The average molecular weight is 272 g/mol. The number of hydrogen-bond acceptors (Lipinski definition) is 6. The van der Waals surface area contributed by atoms with Crippen LogP contribution in [0.4, 0.5) is 5.13 Å². The van der Waals surface area contributed by atoms with Crippen LogP contribution in [0.3, 0.4) is 0 Å². The zero-order valence-electron chi connectivity index (χ0n) is 9.63. The number of aromatic nitrogens is 1. The van der Waals surface area contributed by atoms with Crippen molar-refractivity contribution in [3.8, 4) is 0 Å². The Morgan fingerprint density at radius 1 is 1.44 bits per heavy atom. The van der Waals surface area contributed by atoms with E-state index in [0.717, 1.165) is 11.3 Å². The van der Waals surface area contributed by atoms with E-state index in [9.17, 15) is 14.4 Å². The number of hydrogen-bond donors (Lipinski definition) is 2. The van der Waals surface area contributed by atoms with Gasteiger partial charge < -0.3 is 15.2 Å². The maximum atomic E-state index is 11.3. The van der Waals surface area contributed by atoms with Crippen molar-refractivity contribution in [2.24, 2.45) is 0 Å². The van der Waals surface area contributed by atoms with Crippen LogP contribution in [0.25, 0.3) is 0 Å². The number of rotatable bonds is 6. The van der Waals surface area contributed by atoms with Gasteiger partial charge in [0.1, 0.15) is 0 Å². The second-order valence-corrected chi connectivity index (χ2v) is 4.06. The van der Waals surface area contributed by atoms with E-state index < -0.39 is 17.8 Å². The number of nitrogens with zero attached hydrogens (tertiary/aromatic N) is 1. The van der Waals surface area contributed by atoms with Crippen LogP contribution in [-0.4, -0.2) is 34.5 Å². The molecule has 0 fully saturated rings. The molecule has 98 valence electrons. The van der Waals surface area contributed by atoms with Gasteiger partial charge in [0.15, 0.2) is 10.8 Å². The Labute approximate surface area is 107 Å². The molecular weight excluding hydrogens is 260 g/mol. The Hall–Kier alpha value is -1.96. The fraction of sp³-hybridized carbons (Fsp3) is 0.400. The van der Waals surface area contributed by atoms with Crippen molar-refractivity contribution in [1.29, 1.82) is 0 Å². The Morgan fingerprint density at radius 2 is 2.17 bits per heavy atom. The molecule has 18 heavy (non-hydrogen) atoms. The van der Waals surface area contributed by atoms with Crippen LogP contribution in [0, 0.1) is 0 Å². The lowest BCUT2D eigenvalue weighted by Gasteiger charge is -1.99. The summed E-state index contributed by atoms with van der Waals surface area (Å²) < 4.78 is 4.74. The summed E-state index contributed by atoms with van der Waals surface area (Å²) in [5.74, 6) is -2.06. The number of carboxylic acid groups (broad SMARTS) is 1. The third-order valence-corrected chi connectivity index (χ3v) is 2.56. The molecule has 1 amide bonds. The number of carbonyl (C=O) groups is 3. The van der Waals surface area contributed by atoms with E-state index >= 15 is 0 Å². The van der Waals surface area contributed by atoms with Gasteiger partial charge in [-0.15, -0.1) is 11.3 Å². The van der Waals surface area contributed by atoms with Crippen molar-refractivity contribution < 1.29 is 24.2 Å². The SMILES string of the molecule is CCOC(=O)c1csc(NC(=O)CCC(=O)O)n1. The maximum absolute atomic E-state index is 11.3. The van der Waals surface area contributed by atoms with Crippen molar-refractivity contribution in [1.82, 2.24) is 4.98 Å². The summed E-state index contributed by atoms with van der Waals surface area (Å²) in [7, 11) is 0. The van der Waals surface area contributed by atoms with Gasteiger partial charge in [-0.1, -0.05) is 0 Å². The Morgan fingerprint density at radius 3 is 2.78 bits per heavy atom. The van der Waals surface area contributed by atoms with Crippen molar-refractivity contribution >= 4 is 34.3 Å². The Balaban J connectivity index is 2.51. The fourth-order valence-corrected chi connectivity index (χ4v) is 1.73. The lowest BCUT2D eigenvalue weighted by molar-refractivity contribution is -0.138. The third kappa shape index (κ3) is 4.50. The molecule has 2 N–H and O–H groups in total. The minimum atomic E-state index is -1.04. The molecule has 1 rings (SSSR count). The van der Waals surface area contributed by atoms with E-state index in [4.69, 9.17) is 9.84 Å². The largest absolute Gasteiger partial charge is 0.481 e. The van der Waals surface area contributed by atoms with Crippen molar-refractivity contribution in [2.75, 3.05) is 11.9 Å². The molecule has 0 aliphatic rings. The summed E-state index contributed by atoms with van der Waals surface area (Å²) in [5.41, 5.74) is 0.121. The predicted molar refractivity (Wildman–Crippen MR) is 63.6 cm³/mol. The van der Waals surface area contributed by atoms with Crippen LogP contribution >= 0.6 is 11.3 Å². The normalized spacial score (nSPS) is 9.83. The molecular formula is C10H12N2O5S. The van der Waals surface area contributed by atoms with E-state index in [1.807, 2.05) is 0 Å².